The number of aromatic nitrogens is 6. The molecule has 0 unspecified atom stereocenters. The van der Waals surface area contributed by atoms with Gasteiger partial charge < -0.3 is 14.7 Å². The van der Waals surface area contributed by atoms with E-state index in [1.54, 1.807) is 13.3 Å². The van der Waals surface area contributed by atoms with E-state index in [1.165, 1.54) is 49.7 Å². The molecule has 0 amide bonds. The number of aryl methyl sites for hydroxylation is 7. The standard InChI is InChI=1S/C44H36N3O.C16H12N3.Ir/c1-26-21-36(32-12-8-7-9-13-32)44(48-6)37(22-26)33-17-15-31(16-18-33)34-23-28(3)41(29(4)24-34)38-19-20-39-43(45-38)42-27(2)11-10-14-35(42)40-25-30(5)46-47(39)40;1-10-5-3-6-12-14-9-11(2)18-19(14)13-7-4-8-17-16(13)15(10)12;/h7-19,21-25H,1-6H3;3-6,8-9H,1-2H3;/q2*-1;. The van der Waals surface area contributed by atoms with Gasteiger partial charge in [-0.2, -0.15) is 28.4 Å². The number of methoxy groups -OCH3 is 1. The second-order valence-corrected chi connectivity index (χ2v) is 17.8. The van der Waals surface area contributed by atoms with Crippen LogP contribution >= 0.6 is 0 Å². The van der Waals surface area contributed by atoms with E-state index in [4.69, 9.17) is 14.8 Å². The first-order valence-corrected chi connectivity index (χ1v) is 22.7. The van der Waals surface area contributed by atoms with Crippen LogP contribution in [0.3, 0.4) is 0 Å². The number of fused-ring (bicyclic) bond motifs is 12. The molecule has 12 rings (SSSR count). The Morgan fingerprint density at radius 3 is 1.65 bits per heavy atom. The van der Waals surface area contributed by atoms with Crippen molar-refractivity contribution >= 4 is 54.6 Å². The maximum absolute atomic E-state index is 6.01. The maximum atomic E-state index is 6.01. The second kappa shape index (κ2) is 17.6. The summed E-state index contributed by atoms with van der Waals surface area (Å²) in [5.74, 6) is 0.890. The van der Waals surface area contributed by atoms with E-state index < -0.39 is 0 Å². The predicted octanol–water partition coefficient (Wildman–Crippen LogP) is 14.5. The van der Waals surface area contributed by atoms with Gasteiger partial charge in [-0.05, 0) is 150 Å². The van der Waals surface area contributed by atoms with Crippen LogP contribution in [-0.2, 0) is 20.1 Å². The van der Waals surface area contributed by atoms with Crippen LogP contribution in [0.2, 0.25) is 0 Å². The molecular weight excluding hydrogens is 1010 g/mol. The zero-order valence-corrected chi connectivity index (χ0v) is 41.7. The third-order valence-electron chi connectivity index (χ3n) is 13.0. The summed E-state index contributed by atoms with van der Waals surface area (Å²) in [7, 11) is 1.76. The SMILES string of the molecule is COc1c(-c2ccccc2)cc(C)cc1-c1ccc(-c2cc(C)c(-c3c[c-]c4c(n3)c3c(C)cccc3c3cc(C)nn43)c(C)c2)cc1.Cc1cc2c3cccc(C)c3c3ncc[c-]c3n2n1.[Ir]. The molecule has 0 aliphatic carbocycles. The third kappa shape index (κ3) is 7.51. The predicted molar refractivity (Wildman–Crippen MR) is 275 cm³/mol. The van der Waals surface area contributed by atoms with E-state index in [-0.39, 0.29) is 20.1 Å². The molecule has 7 nitrogen and oxygen atoms in total. The number of hydrogen-bond acceptors (Lipinski definition) is 5. The van der Waals surface area contributed by atoms with Gasteiger partial charge in [0.05, 0.1) is 29.5 Å². The van der Waals surface area contributed by atoms with Crippen LogP contribution in [0.25, 0.3) is 99.3 Å². The molecule has 6 aromatic heterocycles. The topological polar surface area (TPSA) is 69.6 Å². The van der Waals surface area contributed by atoms with E-state index in [1.807, 2.05) is 41.1 Å². The Hall–Kier alpha value is -7.51. The molecule has 6 heterocycles. The van der Waals surface area contributed by atoms with Crippen molar-refractivity contribution in [2.75, 3.05) is 7.11 Å². The fourth-order valence-electron chi connectivity index (χ4n) is 10.1. The minimum absolute atomic E-state index is 0. The summed E-state index contributed by atoms with van der Waals surface area (Å²) >= 11 is 0. The number of pyridine rings is 4. The summed E-state index contributed by atoms with van der Waals surface area (Å²) in [5.41, 5.74) is 22.8. The summed E-state index contributed by atoms with van der Waals surface area (Å²) in [6, 6.07) is 55.9. The van der Waals surface area contributed by atoms with E-state index in [9.17, 15) is 0 Å². The molecule has 0 aliphatic rings. The average molecular weight is 1060 g/mol. The van der Waals surface area contributed by atoms with Crippen LogP contribution in [0, 0.1) is 60.6 Å². The van der Waals surface area contributed by atoms with Crippen LogP contribution in [0.1, 0.15) is 39.2 Å². The molecule has 0 saturated carbocycles. The molecule has 0 saturated heterocycles. The van der Waals surface area contributed by atoms with Crippen molar-refractivity contribution < 1.29 is 24.8 Å². The first-order valence-electron chi connectivity index (χ1n) is 22.7. The number of hydrogen-bond donors (Lipinski definition) is 0. The number of rotatable bonds is 5. The Labute approximate surface area is 409 Å². The first-order chi connectivity index (χ1) is 32.6. The van der Waals surface area contributed by atoms with Gasteiger partial charge in [-0.15, -0.1) is 6.07 Å². The molecule has 1 radical (unpaired) electrons. The van der Waals surface area contributed by atoms with E-state index >= 15 is 0 Å². The van der Waals surface area contributed by atoms with Gasteiger partial charge in [-0.25, -0.2) is 0 Å². The van der Waals surface area contributed by atoms with Gasteiger partial charge in [-0.3, -0.25) is 9.03 Å². The second-order valence-electron chi connectivity index (χ2n) is 17.8. The number of nitrogens with zero attached hydrogens (tertiary/aromatic N) is 6. The van der Waals surface area contributed by atoms with Gasteiger partial charge in [0.1, 0.15) is 5.75 Å². The summed E-state index contributed by atoms with van der Waals surface area (Å²) in [6.45, 7) is 14.8. The Morgan fingerprint density at radius 1 is 0.515 bits per heavy atom. The summed E-state index contributed by atoms with van der Waals surface area (Å²) < 4.78 is 9.94. The third-order valence-corrected chi connectivity index (χ3v) is 13.0. The van der Waals surface area contributed by atoms with Gasteiger partial charge in [0.25, 0.3) is 0 Å². The molecule has 0 spiro atoms. The van der Waals surface area contributed by atoms with Crippen LogP contribution in [-0.4, -0.2) is 36.3 Å². The Kier molecular flexibility index (Phi) is 11.5. The largest absolute Gasteiger partial charge is 0.495 e. The zero-order valence-electron chi connectivity index (χ0n) is 39.3. The van der Waals surface area contributed by atoms with Crippen molar-refractivity contribution in [3.8, 4) is 50.4 Å². The fourth-order valence-corrected chi connectivity index (χ4v) is 10.1. The summed E-state index contributed by atoms with van der Waals surface area (Å²) in [5, 5.41) is 14.1. The minimum Gasteiger partial charge on any atom is -0.495 e. The maximum Gasteiger partial charge on any atom is 0.134 e. The molecule has 6 aromatic carbocycles. The Bertz CT molecular complexity index is 3900. The monoisotopic (exact) mass is 1060 g/mol. The molecule has 0 N–H and O–H groups in total. The van der Waals surface area contributed by atoms with Crippen molar-refractivity contribution in [3.05, 3.63) is 197 Å². The molecular formula is C60H48IrN6O-2. The van der Waals surface area contributed by atoms with E-state index in [0.717, 1.165) is 94.5 Å². The molecule has 68 heavy (non-hydrogen) atoms. The van der Waals surface area contributed by atoms with Crippen molar-refractivity contribution in [2.45, 2.75) is 48.5 Å². The molecule has 0 fully saturated rings. The van der Waals surface area contributed by atoms with E-state index in [2.05, 4.69) is 178 Å². The molecule has 335 valence electrons. The quantitative estimate of drug-likeness (QED) is 0.127. The van der Waals surface area contributed by atoms with Gasteiger partial charge in [-0.1, -0.05) is 137 Å². The minimum atomic E-state index is 0. The van der Waals surface area contributed by atoms with Gasteiger partial charge >= 0.3 is 0 Å². The Balaban J connectivity index is 0.000000224. The van der Waals surface area contributed by atoms with E-state index in [0.29, 0.717) is 0 Å². The van der Waals surface area contributed by atoms with Crippen molar-refractivity contribution in [3.63, 3.8) is 0 Å². The average Bonchev–Trinajstić information content (AvgIpc) is 3.94. The first kappa shape index (κ1) is 44.3. The van der Waals surface area contributed by atoms with Crippen LogP contribution in [0.4, 0.5) is 0 Å². The summed E-state index contributed by atoms with van der Waals surface area (Å²) in [4.78, 5) is 9.85. The van der Waals surface area contributed by atoms with Crippen molar-refractivity contribution in [1.82, 2.24) is 29.2 Å². The number of ether oxygens (including phenoxy) is 1. The van der Waals surface area contributed by atoms with Crippen LogP contribution in [0.5, 0.6) is 5.75 Å². The van der Waals surface area contributed by atoms with Gasteiger partial charge in [0.2, 0.25) is 0 Å². The van der Waals surface area contributed by atoms with Gasteiger partial charge in [0, 0.05) is 31.2 Å². The van der Waals surface area contributed by atoms with Crippen LogP contribution < -0.4 is 4.74 Å². The zero-order chi connectivity index (χ0) is 46.1. The fraction of sp³-hybridized carbons (Fsp3) is 0.133. The van der Waals surface area contributed by atoms with Crippen molar-refractivity contribution in [1.29, 1.82) is 0 Å². The normalized spacial score (nSPS) is 11.4. The van der Waals surface area contributed by atoms with Crippen LogP contribution in [0.15, 0.2) is 146 Å². The molecule has 0 aliphatic heterocycles. The number of benzene rings is 6. The smallest absolute Gasteiger partial charge is 0.134 e. The molecule has 12 aromatic rings. The summed E-state index contributed by atoms with van der Waals surface area (Å²) in [6.07, 6.45) is 1.79. The Morgan fingerprint density at radius 2 is 1.06 bits per heavy atom. The molecule has 8 heteroatoms. The van der Waals surface area contributed by atoms with Crippen molar-refractivity contribution in [2.24, 2.45) is 0 Å². The molecule has 0 bridgehead atoms. The molecule has 0 atom stereocenters. The van der Waals surface area contributed by atoms with Gasteiger partial charge in [0.15, 0.2) is 0 Å².